The van der Waals surface area contributed by atoms with Crippen LogP contribution in [-0.2, 0) is 14.3 Å². The van der Waals surface area contributed by atoms with E-state index in [0.29, 0.717) is 13.2 Å². The van der Waals surface area contributed by atoms with Crippen molar-refractivity contribution in [3.63, 3.8) is 0 Å². The minimum Gasteiger partial charge on any atom is -0.368 e. The molecule has 1 aromatic carbocycles. The first-order valence-corrected chi connectivity index (χ1v) is 6.26. The lowest BCUT2D eigenvalue weighted by Crippen LogP contribution is -2.33. The van der Waals surface area contributed by atoms with Crippen LogP contribution in [0.15, 0.2) is 30.8 Å². The molecule has 1 N–H and O–H groups in total. The summed E-state index contributed by atoms with van der Waals surface area (Å²) < 4.78 is 11.2. The van der Waals surface area contributed by atoms with Crippen molar-refractivity contribution in [2.45, 2.75) is 12.2 Å². The van der Waals surface area contributed by atoms with Gasteiger partial charge in [0.05, 0.1) is 13.2 Å². The summed E-state index contributed by atoms with van der Waals surface area (Å²) in [6.45, 7) is 4.76. The topological polar surface area (TPSA) is 51.3 Å². The molecule has 0 saturated carbocycles. The van der Waals surface area contributed by atoms with Crippen LogP contribution in [0.3, 0.4) is 0 Å². The van der Waals surface area contributed by atoms with Crippen molar-refractivity contribution in [3.05, 3.63) is 42.1 Å². The predicted molar refractivity (Wildman–Crippen MR) is 72.9 cm³/mol. The van der Waals surface area contributed by atoms with Gasteiger partial charge in [0.15, 0.2) is 6.29 Å². The number of benzene rings is 1. The van der Waals surface area contributed by atoms with Crippen molar-refractivity contribution in [3.8, 4) is 0 Å². The van der Waals surface area contributed by atoms with E-state index in [1.807, 2.05) is 24.3 Å². The fourth-order valence-electron chi connectivity index (χ4n) is 2.55. The average molecular weight is 257 g/mol. The highest BCUT2D eigenvalue weighted by atomic mass is 16.6. The van der Waals surface area contributed by atoms with E-state index < -0.39 is 6.10 Å². The van der Waals surface area contributed by atoms with Gasteiger partial charge < -0.3 is 19.3 Å². The number of H-pyrrole nitrogens is 1. The number of aldehydes is 1. The lowest BCUT2D eigenvalue weighted by Gasteiger charge is -2.28. The molecule has 98 valence electrons. The number of ether oxygens (including phenoxy) is 2. The third-order valence-electron chi connectivity index (χ3n) is 3.39. The molecule has 1 saturated heterocycles. The molecule has 1 fully saturated rings. The number of rotatable bonds is 3. The molecule has 2 atom stereocenters. The van der Waals surface area contributed by atoms with Crippen LogP contribution >= 0.6 is 0 Å². The quantitative estimate of drug-likeness (QED) is 0.859. The third kappa shape index (κ3) is 1.99. The number of hydrogen-bond donors (Lipinski definition) is 1. The zero-order valence-electron chi connectivity index (χ0n) is 10.5. The van der Waals surface area contributed by atoms with Gasteiger partial charge in [0.25, 0.3) is 0 Å². The van der Waals surface area contributed by atoms with Crippen molar-refractivity contribution in [1.29, 1.82) is 0 Å². The molecule has 4 heteroatoms. The average Bonchev–Trinajstić information content (AvgIpc) is 2.85. The highest BCUT2D eigenvalue weighted by Gasteiger charge is 2.31. The van der Waals surface area contributed by atoms with Crippen LogP contribution < -0.4 is 0 Å². The van der Waals surface area contributed by atoms with E-state index in [4.69, 9.17) is 9.47 Å². The van der Waals surface area contributed by atoms with Crippen molar-refractivity contribution in [1.82, 2.24) is 4.98 Å². The molecule has 0 aliphatic carbocycles. The Balaban J connectivity index is 2.16. The van der Waals surface area contributed by atoms with Gasteiger partial charge in [-0.2, -0.15) is 0 Å². The molecule has 19 heavy (non-hydrogen) atoms. The van der Waals surface area contributed by atoms with E-state index >= 15 is 0 Å². The molecular weight excluding hydrogens is 242 g/mol. The standard InChI is InChI=1S/C15H15NO3/c1-2-11-14(10-5-3-4-6-12(10)16-11)15-13(9-17)18-7-8-19-15/h2-6,9,13,15-16H,1,7-8H2. The molecule has 0 bridgehead atoms. The summed E-state index contributed by atoms with van der Waals surface area (Å²) in [5.74, 6) is 0. The van der Waals surface area contributed by atoms with Crippen LogP contribution in [0.5, 0.6) is 0 Å². The molecule has 2 heterocycles. The minimum atomic E-state index is -0.563. The molecule has 0 spiro atoms. The second-order valence-corrected chi connectivity index (χ2v) is 4.46. The van der Waals surface area contributed by atoms with Crippen LogP contribution in [0.4, 0.5) is 0 Å². The molecule has 4 nitrogen and oxygen atoms in total. The Morgan fingerprint density at radius 2 is 2.05 bits per heavy atom. The molecule has 1 aromatic heterocycles. The first-order chi connectivity index (χ1) is 9.35. The molecular formula is C15H15NO3. The first kappa shape index (κ1) is 12.1. The maximum atomic E-state index is 11.2. The van der Waals surface area contributed by atoms with Crippen LogP contribution in [0.25, 0.3) is 17.0 Å². The summed E-state index contributed by atoms with van der Waals surface area (Å²) in [5.41, 5.74) is 2.83. The Morgan fingerprint density at radius 3 is 2.84 bits per heavy atom. The number of nitrogens with one attached hydrogen (secondary N) is 1. The molecule has 3 rings (SSSR count). The fourth-order valence-corrected chi connectivity index (χ4v) is 2.55. The molecule has 0 amide bonds. The molecule has 2 unspecified atom stereocenters. The Morgan fingerprint density at radius 1 is 1.26 bits per heavy atom. The van der Waals surface area contributed by atoms with Crippen LogP contribution in [-0.4, -0.2) is 30.6 Å². The first-order valence-electron chi connectivity index (χ1n) is 6.26. The maximum absolute atomic E-state index is 11.2. The van der Waals surface area contributed by atoms with Crippen molar-refractivity contribution in [2.24, 2.45) is 0 Å². The van der Waals surface area contributed by atoms with Gasteiger partial charge in [-0.1, -0.05) is 24.8 Å². The summed E-state index contributed by atoms with van der Waals surface area (Å²) in [5, 5.41) is 1.04. The zero-order chi connectivity index (χ0) is 13.2. The Hall–Kier alpha value is -1.91. The van der Waals surface area contributed by atoms with Gasteiger partial charge in [-0.05, 0) is 12.1 Å². The zero-order valence-corrected chi connectivity index (χ0v) is 10.5. The Kier molecular flexibility index (Phi) is 3.19. The van der Waals surface area contributed by atoms with E-state index in [1.54, 1.807) is 6.08 Å². The molecule has 1 aliphatic heterocycles. The van der Waals surface area contributed by atoms with Crippen LogP contribution in [0.2, 0.25) is 0 Å². The SMILES string of the molecule is C=Cc1[nH]c2ccccc2c1C1OCCOC1C=O. The predicted octanol–water partition coefficient (Wildman–Crippen LogP) is 2.47. The number of para-hydroxylation sites is 1. The summed E-state index contributed by atoms with van der Waals surface area (Å²) in [6, 6.07) is 7.93. The number of hydrogen-bond acceptors (Lipinski definition) is 3. The van der Waals surface area contributed by atoms with Crippen LogP contribution in [0, 0.1) is 0 Å². The van der Waals surface area contributed by atoms with Crippen molar-refractivity contribution < 1.29 is 14.3 Å². The summed E-state index contributed by atoms with van der Waals surface area (Å²) in [4.78, 5) is 14.4. The largest absolute Gasteiger partial charge is 0.368 e. The van der Waals surface area contributed by atoms with Gasteiger partial charge in [-0.15, -0.1) is 0 Å². The highest BCUT2D eigenvalue weighted by molar-refractivity contribution is 5.88. The monoisotopic (exact) mass is 257 g/mol. The third-order valence-corrected chi connectivity index (χ3v) is 3.39. The number of carbonyl (C=O) groups excluding carboxylic acids is 1. The Bertz CT molecular complexity index is 617. The normalized spacial score (nSPS) is 23.4. The molecule has 0 radical (unpaired) electrons. The van der Waals surface area contributed by atoms with E-state index in [-0.39, 0.29) is 6.10 Å². The maximum Gasteiger partial charge on any atom is 0.151 e. The van der Waals surface area contributed by atoms with Gasteiger partial charge in [-0.3, -0.25) is 0 Å². The smallest absolute Gasteiger partial charge is 0.151 e. The van der Waals surface area contributed by atoms with E-state index in [0.717, 1.165) is 28.4 Å². The number of aromatic amines is 1. The second-order valence-electron chi connectivity index (χ2n) is 4.46. The van der Waals surface area contributed by atoms with Crippen molar-refractivity contribution in [2.75, 3.05) is 13.2 Å². The van der Waals surface area contributed by atoms with E-state index in [9.17, 15) is 4.79 Å². The number of aromatic nitrogens is 1. The van der Waals surface area contributed by atoms with Gasteiger partial charge >= 0.3 is 0 Å². The second kappa shape index (κ2) is 4.99. The van der Waals surface area contributed by atoms with Crippen molar-refractivity contribution >= 4 is 23.3 Å². The van der Waals surface area contributed by atoms with E-state index in [2.05, 4.69) is 11.6 Å². The van der Waals surface area contributed by atoms with Gasteiger partial charge in [-0.25, -0.2) is 0 Å². The van der Waals surface area contributed by atoms with Gasteiger partial charge in [0.2, 0.25) is 0 Å². The molecule has 1 aliphatic rings. The lowest BCUT2D eigenvalue weighted by molar-refractivity contribution is -0.154. The number of carbonyl (C=O) groups is 1. The summed E-state index contributed by atoms with van der Waals surface area (Å²) in [6.07, 6.45) is 1.61. The molecule has 2 aromatic rings. The van der Waals surface area contributed by atoms with Gasteiger partial charge in [0, 0.05) is 22.2 Å². The summed E-state index contributed by atoms with van der Waals surface area (Å²) >= 11 is 0. The lowest BCUT2D eigenvalue weighted by atomic mass is 10.00. The Labute approximate surface area is 111 Å². The summed E-state index contributed by atoms with van der Waals surface area (Å²) in [7, 11) is 0. The van der Waals surface area contributed by atoms with E-state index in [1.165, 1.54) is 0 Å². The van der Waals surface area contributed by atoms with Gasteiger partial charge in [0.1, 0.15) is 12.2 Å². The minimum absolute atomic E-state index is 0.379. The number of fused-ring (bicyclic) bond motifs is 1. The fraction of sp³-hybridized carbons (Fsp3) is 0.267. The highest BCUT2D eigenvalue weighted by Crippen LogP contribution is 2.34. The van der Waals surface area contributed by atoms with Crippen LogP contribution in [0.1, 0.15) is 17.4 Å².